The van der Waals surface area contributed by atoms with E-state index in [1.165, 1.54) is 0 Å². The van der Waals surface area contributed by atoms with Crippen LogP contribution < -0.4 is 10.6 Å². The summed E-state index contributed by atoms with van der Waals surface area (Å²) in [5, 5.41) is 14.8. The van der Waals surface area contributed by atoms with Gasteiger partial charge >= 0.3 is 6.09 Å². The Bertz CT molecular complexity index is 764. The van der Waals surface area contributed by atoms with Gasteiger partial charge in [-0.15, -0.1) is 0 Å². The van der Waals surface area contributed by atoms with Crippen LogP contribution in [0.2, 0.25) is 0 Å². The molecule has 0 saturated carbocycles. The number of aromatic hydroxyl groups is 1. The standard InChI is InChI=1S/C20H24N2O4/c1-20(2,3)26-19(25)21-13-15-5-4-6-16(11-15)22-18(24)12-14-7-9-17(23)10-8-14/h4-11,23H,12-13H2,1-3H3,(H,21,25)(H,22,24). The molecule has 0 aliphatic carbocycles. The van der Waals surface area contributed by atoms with E-state index in [4.69, 9.17) is 4.74 Å². The molecule has 26 heavy (non-hydrogen) atoms. The summed E-state index contributed by atoms with van der Waals surface area (Å²) in [6.45, 7) is 5.71. The summed E-state index contributed by atoms with van der Waals surface area (Å²) in [5.74, 6) is 0.00675. The van der Waals surface area contributed by atoms with Crippen molar-refractivity contribution in [1.29, 1.82) is 0 Å². The summed E-state index contributed by atoms with van der Waals surface area (Å²) in [5.41, 5.74) is 1.76. The number of carbonyl (C=O) groups is 2. The summed E-state index contributed by atoms with van der Waals surface area (Å²) < 4.78 is 5.19. The van der Waals surface area contributed by atoms with Crippen LogP contribution in [0.3, 0.4) is 0 Å². The molecule has 2 amide bonds. The molecule has 6 heteroatoms. The van der Waals surface area contributed by atoms with Crippen LogP contribution in [0.1, 0.15) is 31.9 Å². The van der Waals surface area contributed by atoms with Crippen molar-refractivity contribution in [1.82, 2.24) is 5.32 Å². The van der Waals surface area contributed by atoms with Gasteiger partial charge in [-0.1, -0.05) is 24.3 Å². The molecule has 0 bridgehead atoms. The van der Waals surface area contributed by atoms with Gasteiger partial charge in [0.1, 0.15) is 11.4 Å². The highest BCUT2D eigenvalue weighted by atomic mass is 16.6. The van der Waals surface area contributed by atoms with Crippen molar-refractivity contribution in [2.45, 2.75) is 39.3 Å². The SMILES string of the molecule is CC(C)(C)OC(=O)NCc1cccc(NC(=O)Cc2ccc(O)cc2)c1. The second-order valence-corrected chi connectivity index (χ2v) is 6.95. The number of nitrogens with one attached hydrogen (secondary N) is 2. The molecule has 0 atom stereocenters. The summed E-state index contributed by atoms with van der Waals surface area (Å²) in [7, 11) is 0. The lowest BCUT2D eigenvalue weighted by Crippen LogP contribution is -2.32. The molecule has 0 saturated heterocycles. The van der Waals surface area contributed by atoms with Crippen molar-refractivity contribution < 1.29 is 19.4 Å². The molecule has 2 aromatic carbocycles. The summed E-state index contributed by atoms with van der Waals surface area (Å²) in [6.07, 6.45) is -0.278. The molecule has 0 fully saturated rings. The van der Waals surface area contributed by atoms with Crippen LogP contribution in [-0.4, -0.2) is 22.7 Å². The van der Waals surface area contributed by atoms with E-state index in [-0.39, 0.29) is 18.1 Å². The van der Waals surface area contributed by atoms with Gasteiger partial charge in [-0.2, -0.15) is 0 Å². The molecule has 0 unspecified atom stereocenters. The third kappa shape index (κ3) is 6.84. The van der Waals surface area contributed by atoms with E-state index in [1.54, 1.807) is 57.2 Å². The van der Waals surface area contributed by atoms with Crippen LogP contribution in [-0.2, 0) is 22.5 Å². The van der Waals surface area contributed by atoms with E-state index >= 15 is 0 Å². The van der Waals surface area contributed by atoms with Gasteiger partial charge in [0.2, 0.25) is 5.91 Å². The van der Waals surface area contributed by atoms with Gasteiger partial charge in [0.05, 0.1) is 6.42 Å². The number of benzene rings is 2. The maximum Gasteiger partial charge on any atom is 0.407 e. The Morgan fingerprint density at radius 2 is 1.73 bits per heavy atom. The maximum absolute atomic E-state index is 12.1. The monoisotopic (exact) mass is 356 g/mol. The number of hydrogen-bond donors (Lipinski definition) is 3. The van der Waals surface area contributed by atoms with E-state index in [0.29, 0.717) is 12.2 Å². The Labute approximate surface area is 153 Å². The maximum atomic E-state index is 12.1. The van der Waals surface area contributed by atoms with Crippen molar-refractivity contribution in [3.8, 4) is 5.75 Å². The minimum atomic E-state index is -0.547. The van der Waals surface area contributed by atoms with Crippen LogP contribution in [0.15, 0.2) is 48.5 Å². The number of alkyl carbamates (subject to hydrolysis) is 1. The topological polar surface area (TPSA) is 87.7 Å². The lowest BCUT2D eigenvalue weighted by molar-refractivity contribution is -0.115. The first kappa shape index (κ1) is 19.3. The highest BCUT2D eigenvalue weighted by molar-refractivity contribution is 5.92. The van der Waals surface area contributed by atoms with Crippen molar-refractivity contribution in [3.05, 3.63) is 59.7 Å². The van der Waals surface area contributed by atoms with Crippen LogP contribution in [0.25, 0.3) is 0 Å². The Morgan fingerprint density at radius 3 is 2.38 bits per heavy atom. The van der Waals surface area contributed by atoms with Crippen LogP contribution in [0.4, 0.5) is 10.5 Å². The van der Waals surface area contributed by atoms with Gasteiger partial charge in [0, 0.05) is 12.2 Å². The number of hydrogen-bond acceptors (Lipinski definition) is 4. The fourth-order valence-electron chi connectivity index (χ4n) is 2.25. The number of anilines is 1. The Hall–Kier alpha value is -3.02. The van der Waals surface area contributed by atoms with Crippen molar-refractivity contribution >= 4 is 17.7 Å². The number of phenols is 1. The molecule has 3 N–H and O–H groups in total. The largest absolute Gasteiger partial charge is 0.508 e. The Balaban J connectivity index is 1.88. The van der Waals surface area contributed by atoms with Crippen LogP contribution in [0, 0.1) is 0 Å². The average molecular weight is 356 g/mol. The highest BCUT2D eigenvalue weighted by Gasteiger charge is 2.15. The molecule has 138 valence electrons. The van der Waals surface area contributed by atoms with Gasteiger partial charge in [-0.25, -0.2) is 4.79 Å². The van der Waals surface area contributed by atoms with E-state index in [0.717, 1.165) is 11.1 Å². The lowest BCUT2D eigenvalue weighted by Gasteiger charge is -2.19. The zero-order valence-corrected chi connectivity index (χ0v) is 15.2. The molecule has 2 aromatic rings. The van der Waals surface area contributed by atoms with Gasteiger partial charge in [0.25, 0.3) is 0 Å². The zero-order valence-electron chi connectivity index (χ0n) is 15.2. The van der Waals surface area contributed by atoms with Gasteiger partial charge < -0.3 is 20.5 Å². The summed E-state index contributed by atoms with van der Waals surface area (Å²) in [6, 6.07) is 13.7. The normalized spacial score (nSPS) is 10.9. The third-order valence-corrected chi connectivity index (χ3v) is 3.35. The molecule has 0 aromatic heterocycles. The van der Waals surface area contributed by atoms with E-state index < -0.39 is 11.7 Å². The quantitative estimate of drug-likeness (QED) is 0.764. The molecule has 0 heterocycles. The highest BCUT2D eigenvalue weighted by Crippen LogP contribution is 2.14. The van der Waals surface area contributed by atoms with Gasteiger partial charge in [-0.05, 0) is 56.2 Å². The molecular weight excluding hydrogens is 332 g/mol. The fraction of sp³-hybridized carbons (Fsp3) is 0.300. The predicted octanol–water partition coefficient (Wildman–Crippen LogP) is 3.60. The molecular formula is C20H24N2O4. The molecule has 6 nitrogen and oxygen atoms in total. The number of ether oxygens (including phenoxy) is 1. The number of rotatable bonds is 5. The average Bonchev–Trinajstić information content (AvgIpc) is 2.54. The molecule has 0 radical (unpaired) electrons. The molecule has 0 spiro atoms. The Morgan fingerprint density at radius 1 is 1.04 bits per heavy atom. The van der Waals surface area contributed by atoms with E-state index in [9.17, 15) is 14.7 Å². The summed E-state index contributed by atoms with van der Waals surface area (Å²) >= 11 is 0. The van der Waals surface area contributed by atoms with Gasteiger partial charge in [-0.3, -0.25) is 4.79 Å². The van der Waals surface area contributed by atoms with Crippen molar-refractivity contribution in [3.63, 3.8) is 0 Å². The summed E-state index contributed by atoms with van der Waals surface area (Å²) in [4.78, 5) is 23.8. The number of carbonyl (C=O) groups excluding carboxylic acids is 2. The lowest BCUT2D eigenvalue weighted by atomic mass is 10.1. The third-order valence-electron chi connectivity index (χ3n) is 3.35. The van der Waals surface area contributed by atoms with Crippen molar-refractivity contribution in [2.24, 2.45) is 0 Å². The second kappa shape index (κ2) is 8.38. The molecule has 0 aliphatic heterocycles. The fourth-order valence-corrected chi connectivity index (χ4v) is 2.25. The smallest absolute Gasteiger partial charge is 0.407 e. The van der Waals surface area contributed by atoms with E-state index in [1.807, 2.05) is 12.1 Å². The minimum Gasteiger partial charge on any atom is -0.508 e. The number of phenolic OH excluding ortho intramolecular Hbond substituents is 1. The van der Waals surface area contributed by atoms with Crippen LogP contribution >= 0.6 is 0 Å². The second-order valence-electron chi connectivity index (χ2n) is 6.95. The predicted molar refractivity (Wildman–Crippen MR) is 100.0 cm³/mol. The zero-order chi connectivity index (χ0) is 19.2. The Kier molecular flexibility index (Phi) is 6.22. The van der Waals surface area contributed by atoms with Gasteiger partial charge in [0.15, 0.2) is 0 Å². The molecule has 0 aliphatic rings. The first-order chi connectivity index (χ1) is 12.2. The minimum absolute atomic E-state index is 0.159. The molecule has 2 rings (SSSR count). The van der Waals surface area contributed by atoms with Crippen LogP contribution in [0.5, 0.6) is 5.75 Å². The first-order valence-corrected chi connectivity index (χ1v) is 8.35. The van der Waals surface area contributed by atoms with Crippen molar-refractivity contribution in [2.75, 3.05) is 5.32 Å². The first-order valence-electron chi connectivity index (χ1n) is 8.35. The van der Waals surface area contributed by atoms with E-state index in [2.05, 4.69) is 10.6 Å². The number of amides is 2.